The van der Waals surface area contributed by atoms with Gasteiger partial charge in [-0.25, -0.2) is 14.8 Å². The number of benzene rings is 3. The van der Waals surface area contributed by atoms with Crippen molar-refractivity contribution in [2.24, 2.45) is 0 Å². The largest absolute Gasteiger partial charge is 0.452 e. The van der Waals surface area contributed by atoms with Gasteiger partial charge in [-0.05, 0) is 50.1 Å². The summed E-state index contributed by atoms with van der Waals surface area (Å²) in [4.78, 5) is 36.5. The molecule has 0 radical (unpaired) electrons. The number of nitrogens with zero attached hydrogens (tertiary/aromatic N) is 5. The minimum absolute atomic E-state index is 0.0404. The molecule has 1 N–H and O–H groups in total. The van der Waals surface area contributed by atoms with Crippen LogP contribution in [0.5, 0.6) is 0 Å². The van der Waals surface area contributed by atoms with Gasteiger partial charge < -0.3 is 15.0 Å². The monoisotopic (exact) mass is 540 g/mol. The van der Waals surface area contributed by atoms with Gasteiger partial charge >= 0.3 is 11.8 Å². The van der Waals surface area contributed by atoms with Crippen molar-refractivity contribution in [1.29, 1.82) is 0 Å². The van der Waals surface area contributed by atoms with Crippen LogP contribution in [0.4, 0.5) is 33.5 Å². The number of methoxy groups -OCH3 is 1. The molecular weight excluding hydrogens is 508 g/mol. The second-order valence-corrected chi connectivity index (χ2v) is 10.1. The Labute approximate surface area is 233 Å². The Bertz CT molecular complexity index is 1420. The van der Waals surface area contributed by atoms with Crippen molar-refractivity contribution in [2.75, 3.05) is 22.2 Å². The van der Waals surface area contributed by atoms with Gasteiger partial charge in [0.15, 0.2) is 0 Å². The first kappa shape index (κ1) is 28.0. The van der Waals surface area contributed by atoms with E-state index in [-0.39, 0.29) is 17.3 Å². The smallest absolute Gasteiger partial charge is 0.414 e. The number of hydrogen-bond donors (Lipinski definition) is 1. The summed E-state index contributed by atoms with van der Waals surface area (Å²) in [5.41, 5.74) is 2.23. The first-order valence-electron chi connectivity index (χ1n) is 12.7. The number of carbonyl (C=O) groups is 1. The molecule has 4 rings (SSSR count). The zero-order valence-electron chi connectivity index (χ0n) is 22.9. The molecule has 0 aliphatic heterocycles. The van der Waals surface area contributed by atoms with E-state index in [1.807, 2.05) is 86.3 Å². The highest BCUT2D eigenvalue weighted by atomic mass is 16.6. The standard InChI is InChI=1S/C30H32N6O4/c1-30(2,3)35(29(37)40-4)25-17-11-16-24(18-25)33-27-26(36(38)39)28(32-21-31-27)34(19-22-12-7-5-8-13-22)20-23-14-9-6-10-15-23/h5-18,21H,19-20H2,1-4H3,(H,31,32,33). The van der Waals surface area contributed by atoms with Crippen LogP contribution in [0.15, 0.2) is 91.3 Å². The molecule has 1 aromatic heterocycles. The van der Waals surface area contributed by atoms with Crippen molar-refractivity contribution in [2.45, 2.75) is 39.4 Å². The molecule has 1 amide bonds. The molecule has 3 aromatic carbocycles. The minimum atomic E-state index is -0.574. The Kier molecular flexibility index (Phi) is 8.58. The quantitative estimate of drug-likeness (QED) is 0.184. The van der Waals surface area contributed by atoms with E-state index in [1.165, 1.54) is 18.3 Å². The topological polar surface area (TPSA) is 114 Å². The van der Waals surface area contributed by atoms with Gasteiger partial charge in [-0.3, -0.25) is 15.0 Å². The number of ether oxygens (including phenoxy) is 1. The lowest BCUT2D eigenvalue weighted by Gasteiger charge is -2.34. The van der Waals surface area contributed by atoms with Gasteiger partial charge in [0.2, 0.25) is 11.6 Å². The van der Waals surface area contributed by atoms with Crippen LogP contribution in [0, 0.1) is 10.1 Å². The second kappa shape index (κ2) is 12.2. The van der Waals surface area contributed by atoms with Gasteiger partial charge in [-0.15, -0.1) is 0 Å². The number of amides is 1. The van der Waals surface area contributed by atoms with Crippen molar-refractivity contribution in [3.63, 3.8) is 0 Å². The second-order valence-electron chi connectivity index (χ2n) is 10.1. The van der Waals surface area contributed by atoms with Crippen molar-refractivity contribution in [1.82, 2.24) is 9.97 Å². The molecule has 1 heterocycles. The first-order chi connectivity index (χ1) is 19.2. The van der Waals surface area contributed by atoms with Crippen LogP contribution in [0.25, 0.3) is 0 Å². The number of aromatic nitrogens is 2. The molecule has 0 saturated carbocycles. The van der Waals surface area contributed by atoms with E-state index in [1.54, 1.807) is 24.3 Å². The van der Waals surface area contributed by atoms with Gasteiger partial charge in [0.1, 0.15) is 6.33 Å². The number of carbonyl (C=O) groups excluding carboxylic acids is 1. The number of rotatable bonds is 9. The van der Waals surface area contributed by atoms with E-state index in [9.17, 15) is 14.9 Å². The molecule has 0 saturated heterocycles. The first-order valence-corrected chi connectivity index (χ1v) is 12.7. The molecule has 0 bridgehead atoms. The maximum atomic E-state index is 12.6. The molecule has 10 nitrogen and oxygen atoms in total. The average molecular weight is 541 g/mol. The normalized spacial score (nSPS) is 11.0. The zero-order valence-corrected chi connectivity index (χ0v) is 22.9. The van der Waals surface area contributed by atoms with E-state index in [4.69, 9.17) is 4.74 Å². The van der Waals surface area contributed by atoms with E-state index >= 15 is 0 Å². The summed E-state index contributed by atoms with van der Waals surface area (Å²) in [6, 6.07) is 26.5. The van der Waals surface area contributed by atoms with Crippen molar-refractivity contribution in [3.05, 3.63) is 112 Å². The van der Waals surface area contributed by atoms with E-state index in [0.29, 0.717) is 24.5 Å². The third-order valence-corrected chi connectivity index (χ3v) is 6.11. The van der Waals surface area contributed by atoms with E-state index in [0.717, 1.165) is 11.1 Å². The van der Waals surface area contributed by atoms with Crippen LogP contribution in [0.3, 0.4) is 0 Å². The summed E-state index contributed by atoms with van der Waals surface area (Å²) in [6.45, 7) is 6.48. The Hall–Kier alpha value is -4.99. The fraction of sp³-hybridized carbons (Fsp3) is 0.233. The number of hydrogen-bond acceptors (Lipinski definition) is 8. The van der Waals surface area contributed by atoms with Crippen LogP contribution >= 0.6 is 0 Å². The molecule has 0 unspecified atom stereocenters. The fourth-order valence-electron chi connectivity index (χ4n) is 4.39. The van der Waals surface area contributed by atoms with Gasteiger partial charge in [0, 0.05) is 30.0 Å². The Balaban J connectivity index is 1.74. The van der Waals surface area contributed by atoms with Gasteiger partial charge in [-0.2, -0.15) is 0 Å². The lowest BCUT2D eigenvalue weighted by Crippen LogP contribution is -2.45. The Morgan fingerprint density at radius 1 is 0.925 bits per heavy atom. The molecule has 0 atom stereocenters. The average Bonchev–Trinajstić information content (AvgIpc) is 2.93. The third kappa shape index (κ3) is 6.71. The van der Waals surface area contributed by atoms with Crippen LogP contribution in [-0.2, 0) is 17.8 Å². The predicted octanol–water partition coefficient (Wildman–Crippen LogP) is 6.71. The SMILES string of the molecule is COC(=O)N(c1cccc(Nc2ncnc(N(Cc3ccccc3)Cc3ccccc3)c2[N+](=O)[O-])c1)C(C)(C)C. The van der Waals surface area contributed by atoms with Crippen LogP contribution in [0.2, 0.25) is 0 Å². The summed E-state index contributed by atoms with van der Waals surface area (Å²) in [5, 5.41) is 15.5. The number of anilines is 4. The fourth-order valence-corrected chi connectivity index (χ4v) is 4.39. The molecule has 40 heavy (non-hydrogen) atoms. The molecule has 0 fully saturated rings. The van der Waals surface area contributed by atoms with Gasteiger partial charge in [0.25, 0.3) is 0 Å². The maximum absolute atomic E-state index is 12.6. The highest BCUT2D eigenvalue weighted by molar-refractivity contribution is 5.90. The van der Waals surface area contributed by atoms with Crippen molar-refractivity contribution in [3.8, 4) is 0 Å². The molecule has 0 aliphatic carbocycles. The van der Waals surface area contributed by atoms with Gasteiger partial charge in [-0.1, -0.05) is 66.7 Å². The molecule has 4 aromatic rings. The summed E-state index contributed by atoms with van der Waals surface area (Å²) < 4.78 is 4.99. The molecule has 206 valence electrons. The zero-order chi connectivity index (χ0) is 28.7. The summed E-state index contributed by atoms with van der Waals surface area (Å²) in [5.74, 6) is 0.232. The lowest BCUT2D eigenvalue weighted by atomic mass is 10.1. The minimum Gasteiger partial charge on any atom is -0.452 e. The molecule has 0 aliphatic rings. The highest BCUT2D eigenvalue weighted by Gasteiger charge is 2.30. The van der Waals surface area contributed by atoms with Crippen molar-refractivity contribution >= 4 is 34.8 Å². The third-order valence-electron chi connectivity index (χ3n) is 6.11. The van der Waals surface area contributed by atoms with Gasteiger partial charge in [0.05, 0.1) is 12.0 Å². The van der Waals surface area contributed by atoms with E-state index < -0.39 is 16.6 Å². The summed E-state index contributed by atoms with van der Waals surface area (Å²) >= 11 is 0. The number of nitrogens with one attached hydrogen (secondary N) is 1. The number of nitro groups is 1. The lowest BCUT2D eigenvalue weighted by molar-refractivity contribution is -0.383. The summed E-state index contributed by atoms with van der Waals surface area (Å²) in [7, 11) is 1.32. The molecule has 10 heteroatoms. The Morgan fingerprint density at radius 3 is 2.05 bits per heavy atom. The van der Waals surface area contributed by atoms with Crippen LogP contribution < -0.4 is 15.1 Å². The molecule has 0 spiro atoms. The maximum Gasteiger partial charge on any atom is 0.414 e. The molecular formula is C30H32N6O4. The summed E-state index contributed by atoms with van der Waals surface area (Å²) in [6.07, 6.45) is 0.797. The predicted molar refractivity (Wildman–Crippen MR) is 156 cm³/mol. The van der Waals surface area contributed by atoms with Crippen molar-refractivity contribution < 1.29 is 14.5 Å². The van der Waals surface area contributed by atoms with Crippen LogP contribution in [0.1, 0.15) is 31.9 Å². The van der Waals surface area contributed by atoms with Crippen LogP contribution in [-0.4, -0.2) is 33.6 Å². The highest BCUT2D eigenvalue weighted by Crippen LogP contribution is 2.36. The van der Waals surface area contributed by atoms with E-state index in [2.05, 4.69) is 15.3 Å². The Morgan fingerprint density at radius 2 is 1.52 bits per heavy atom.